The number of halogens is 1. The molecule has 0 amide bonds. The summed E-state index contributed by atoms with van der Waals surface area (Å²) in [4.78, 5) is 8.10. The molecule has 0 aliphatic rings. The molecule has 1 aromatic carbocycles. The largest absolute Gasteiger partial charge is 0.383 e. The molecule has 1 heterocycles. The van der Waals surface area contributed by atoms with Gasteiger partial charge in [-0.15, -0.1) is 0 Å². The summed E-state index contributed by atoms with van der Waals surface area (Å²) in [7, 11) is 0. The molecule has 82 valence electrons. The summed E-state index contributed by atoms with van der Waals surface area (Å²) >= 11 is 2.27. The second-order valence-corrected chi connectivity index (χ2v) is 4.50. The van der Waals surface area contributed by atoms with E-state index in [1.54, 1.807) is 0 Å². The number of hydrogen-bond acceptors (Lipinski definition) is 4. The lowest BCUT2D eigenvalue weighted by Crippen LogP contribution is -2.02. The standard InChI is InChI=1S/C11H11IN4/c1-7-10(13)14-6-15-11(7)16-9-5-3-2-4-8(9)12/h2-6H,1H3,(H3,13,14,15,16). The van der Waals surface area contributed by atoms with Gasteiger partial charge in [0.1, 0.15) is 18.0 Å². The van der Waals surface area contributed by atoms with Gasteiger partial charge >= 0.3 is 0 Å². The molecular formula is C11H11IN4. The first-order valence-corrected chi connectivity index (χ1v) is 5.85. The minimum atomic E-state index is 0.503. The van der Waals surface area contributed by atoms with Gasteiger partial charge in [0.2, 0.25) is 0 Å². The first-order valence-electron chi connectivity index (χ1n) is 4.77. The zero-order chi connectivity index (χ0) is 11.5. The van der Waals surface area contributed by atoms with Crippen LogP contribution in [0, 0.1) is 10.5 Å². The van der Waals surface area contributed by atoms with Crippen LogP contribution >= 0.6 is 22.6 Å². The summed E-state index contributed by atoms with van der Waals surface area (Å²) in [5, 5.41) is 3.24. The van der Waals surface area contributed by atoms with Crippen molar-refractivity contribution in [2.24, 2.45) is 0 Å². The SMILES string of the molecule is Cc1c(N)ncnc1Nc1ccccc1I. The molecule has 0 fully saturated rings. The van der Waals surface area contributed by atoms with E-state index in [-0.39, 0.29) is 0 Å². The van der Waals surface area contributed by atoms with Gasteiger partial charge in [0.05, 0.1) is 5.69 Å². The number of rotatable bonds is 2. The lowest BCUT2D eigenvalue weighted by Gasteiger charge is -2.10. The third-order valence-corrected chi connectivity index (χ3v) is 3.19. The fraction of sp³-hybridized carbons (Fsp3) is 0.0909. The Hall–Kier alpha value is -1.37. The van der Waals surface area contributed by atoms with E-state index >= 15 is 0 Å². The number of anilines is 3. The van der Waals surface area contributed by atoms with E-state index in [0.717, 1.165) is 20.6 Å². The molecule has 0 radical (unpaired) electrons. The van der Waals surface area contributed by atoms with Crippen molar-refractivity contribution in [3.8, 4) is 0 Å². The van der Waals surface area contributed by atoms with Crippen LogP contribution in [-0.4, -0.2) is 9.97 Å². The summed E-state index contributed by atoms with van der Waals surface area (Å²) in [6.45, 7) is 1.90. The summed E-state index contributed by atoms with van der Waals surface area (Å²) in [5.41, 5.74) is 7.60. The number of nitrogens with two attached hydrogens (primary N) is 1. The average molecular weight is 326 g/mol. The lowest BCUT2D eigenvalue weighted by atomic mass is 10.3. The van der Waals surface area contributed by atoms with Crippen LogP contribution in [0.3, 0.4) is 0 Å². The Bertz CT molecular complexity index is 513. The van der Waals surface area contributed by atoms with Gasteiger partial charge in [-0.25, -0.2) is 9.97 Å². The maximum Gasteiger partial charge on any atom is 0.138 e. The van der Waals surface area contributed by atoms with E-state index in [0.29, 0.717) is 5.82 Å². The van der Waals surface area contributed by atoms with E-state index in [1.165, 1.54) is 6.33 Å². The molecule has 2 rings (SSSR count). The Morgan fingerprint density at radius 1 is 1.25 bits per heavy atom. The fourth-order valence-corrected chi connectivity index (χ4v) is 1.80. The van der Waals surface area contributed by atoms with Crippen LogP contribution in [0.2, 0.25) is 0 Å². The van der Waals surface area contributed by atoms with Crippen LogP contribution in [0.4, 0.5) is 17.3 Å². The summed E-state index contributed by atoms with van der Waals surface area (Å²) in [5.74, 6) is 1.25. The maximum absolute atomic E-state index is 5.72. The summed E-state index contributed by atoms with van der Waals surface area (Å²) < 4.78 is 1.14. The van der Waals surface area contributed by atoms with Gasteiger partial charge in [-0.2, -0.15) is 0 Å². The molecule has 1 aromatic heterocycles. The highest BCUT2D eigenvalue weighted by Crippen LogP contribution is 2.24. The molecule has 5 heteroatoms. The van der Waals surface area contributed by atoms with Crippen molar-refractivity contribution in [1.29, 1.82) is 0 Å². The number of hydrogen-bond donors (Lipinski definition) is 2. The van der Waals surface area contributed by atoms with Gasteiger partial charge in [-0.05, 0) is 41.6 Å². The Morgan fingerprint density at radius 2 is 2.00 bits per heavy atom. The number of nitrogens with zero attached hydrogens (tertiary/aromatic N) is 2. The molecule has 0 aliphatic carbocycles. The zero-order valence-corrected chi connectivity index (χ0v) is 10.9. The molecule has 0 saturated carbocycles. The van der Waals surface area contributed by atoms with E-state index in [9.17, 15) is 0 Å². The van der Waals surface area contributed by atoms with Crippen LogP contribution in [-0.2, 0) is 0 Å². The lowest BCUT2D eigenvalue weighted by molar-refractivity contribution is 1.14. The normalized spacial score (nSPS) is 10.1. The highest BCUT2D eigenvalue weighted by atomic mass is 127. The molecule has 3 N–H and O–H groups in total. The number of nitrogens with one attached hydrogen (secondary N) is 1. The highest BCUT2D eigenvalue weighted by Gasteiger charge is 2.05. The Kier molecular flexibility index (Phi) is 3.23. The Morgan fingerprint density at radius 3 is 2.75 bits per heavy atom. The van der Waals surface area contributed by atoms with Crippen molar-refractivity contribution in [3.63, 3.8) is 0 Å². The third-order valence-electron chi connectivity index (χ3n) is 2.25. The second-order valence-electron chi connectivity index (χ2n) is 3.34. The molecule has 0 saturated heterocycles. The van der Waals surface area contributed by atoms with Gasteiger partial charge < -0.3 is 11.1 Å². The molecule has 0 atom stereocenters. The van der Waals surface area contributed by atoms with Crippen LogP contribution in [0.1, 0.15) is 5.56 Å². The first kappa shape index (κ1) is 11.1. The van der Waals surface area contributed by atoms with Gasteiger partial charge in [-0.1, -0.05) is 12.1 Å². The molecule has 2 aromatic rings. The number of para-hydroxylation sites is 1. The van der Waals surface area contributed by atoms with E-state index in [1.807, 2.05) is 31.2 Å². The van der Waals surface area contributed by atoms with E-state index in [4.69, 9.17) is 5.73 Å². The molecule has 0 aliphatic heterocycles. The zero-order valence-electron chi connectivity index (χ0n) is 8.74. The number of aromatic nitrogens is 2. The number of nitrogen functional groups attached to an aromatic ring is 1. The van der Waals surface area contributed by atoms with Crippen molar-refractivity contribution in [1.82, 2.24) is 9.97 Å². The summed E-state index contributed by atoms with van der Waals surface area (Å²) in [6, 6.07) is 8.00. The van der Waals surface area contributed by atoms with Gasteiger partial charge in [0.25, 0.3) is 0 Å². The average Bonchev–Trinajstić information content (AvgIpc) is 2.28. The van der Waals surface area contributed by atoms with Crippen molar-refractivity contribution >= 4 is 39.9 Å². The van der Waals surface area contributed by atoms with Crippen LogP contribution in [0.5, 0.6) is 0 Å². The van der Waals surface area contributed by atoms with Crippen molar-refractivity contribution < 1.29 is 0 Å². The van der Waals surface area contributed by atoms with Crippen LogP contribution < -0.4 is 11.1 Å². The minimum absolute atomic E-state index is 0.503. The Balaban J connectivity index is 2.35. The van der Waals surface area contributed by atoms with Crippen LogP contribution in [0.15, 0.2) is 30.6 Å². The van der Waals surface area contributed by atoms with Gasteiger partial charge in [-0.3, -0.25) is 0 Å². The summed E-state index contributed by atoms with van der Waals surface area (Å²) in [6.07, 6.45) is 1.46. The minimum Gasteiger partial charge on any atom is -0.383 e. The molecule has 4 nitrogen and oxygen atoms in total. The van der Waals surface area contributed by atoms with Gasteiger partial charge in [0.15, 0.2) is 0 Å². The monoisotopic (exact) mass is 326 g/mol. The first-order chi connectivity index (χ1) is 7.68. The fourth-order valence-electron chi connectivity index (χ4n) is 1.28. The maximum atomic E-state index is 5.72. The van der Waals surface area contributed by atoms with Crippen LogP contribution in [0.25, 0.3) is 0 Å². The predicted molar refractivity (Wildman–Crippen MR) is 73.6 cm³/mol. The van der Waals surface area contributed by atoms with E-state index in [2.05, 4.69) is 37.9 Å². The molecule has 0 unspecified atom stereocenters. The smallest absolute Gasteiger partial charge is 0.138 e. The molecule has 16 heavy (non-hydrogen) atoms. The Labute approximate surface area is 107 Å². The van der Waals surface area contributed by atoms with E-state index < -0.39 is 0 Å². The third kappa shape index (κ3) is 2.24. The molecule has 0 spiro atoms. The molecule has 0 bridgehead atoms. The predicted octanol–water partition coefficient (Wildman–Crippen LogP) is 2.72. The molecular weight excluding hydrogens is 315 g/mol. The van der Waals surface area contributed by atoms with Crippen molar-refractivity contribution in [3.05, 3.63) is 39.7 Å². The number of benzene rings is 1. The van der Waals surface area contributed by atoms with Gasteiger partial charge in [0, 0.05) is 9.13 Å². The quantitative estimate of drug-likeness (QED) is 0.833. The van der Waals surface area contributed by atoms with Crippen molar-refractivity contribution in [2.45, 2.75) is 6.92 Å². The second kappa shape index (κ2) is 4.65. The topological polar surface area (TPSA) is 63.8 Å². The highest BCUT2D eigenvalue weighted by molar-refractivity contribution is 14.1. The van der Waals surface area contributed by atoms with Crippen molar-refractivity contribution in [2.75, 3.05) is 11.1 Å².